The Morgan fingerprint density at radius 2 is 2.00 bits per heavy atom. The number of imide groups is 1. The maximum Gasteiger partial charge on any atom is 0.325 e. The van der Waals surface area contributed by atoms with Crippen molar-refractivity contribution >= 4 is 35.1 Å². The van der Waals surface area contributed by atoms with Crippen LogP contribution in [0.1, 0.15) is 38.2 Å². The van der Waals surface area contributed by atoms with Gasteiger partial charge in [0.1, 0.15) is 11.6 Å². The Morgan fingerprint density at radius 1 is 1.33 bits per heavy atom. The van der Waals surface area contributed by atoms with Crippen LogP contribution in [0.2, 0.25) is 5.02 Å². The topological polar surface area (TPSA) is 78.5 Å². The first-order valence-electron chi connectivity index (χ1n) is 8.07. The van der Waals surface area contributed by atoms with Crippen molar-refractivity contribution in [3.63, 3.8) is 0 Å². The molecule has 1 spiro atoms. The van der Waals surface area contributed by atoms with Crippen LogP contribution in [0.4, 0.5) is 10.5 Å². The molecule has 0 radical (unpaired) electrons. The lowest BCUT2D eigenvalue weighted by Crippen LogP contribution is -2.48. The third-order valence-electron chi connectivity index (χ3n) is 4.86. The molecule has 0 unspecified atom stereocenters. The summed E-state index contributed by atoms with van der Waals surface area (Å²) in [5.41, 5.74) is 0.619. The second-order valence-electron chi connectivity index (χ2n) is 6.52. The van der Waals surface area contributed by atoms with E-state index in [4.69, 9.17) is 11.6 Å². The maximum absolute atomic E-state index is 12.7. The van der Waals surface area contributed by atoms with E-state index in [9.17, 15) is 14.4 Å². The predicted molar refractivity (Wildman–Crippen MR) is 90.9 cm³/mol. The van der Waals surface area contributed by atoms with Crippen LogP contribution in [0, 0.1) is 6.92 Å². The van der Waals surface area contributed by atoms with Gasteiger partial charge in [0.05, 0.1) is 0 Å². The molecule has 4 amide bonds. The number of benzene rings is 1. The van der Waals surface area contributed by atoms with Gasteiger partial charge in [-0.2, -0.15) is 0 Å². The molecule has 0 aromatic heterocycles. The molecule has 1 aromatic carbocycles. The quantitative estimate of drug-likeness (QED) is 0.823. The first-order chi connectivity index (χ1) is 11.3. The van der Waals surface area contributed by atoms with Gasteiger partial charge in [-0.05, 0) is 50.5 Å². The molecule has 0 bridgehead atoms. The van der Waals surface area contributed by atoms with Gasteiger partial charge in [-0.25, -0.2) is 9.69 Å². The summed E-state index contributed by atoms with van der Waals surface area (Å²) in [5, 5.41) is 6.13. The van der Waals surface area contributed by atoms with E-state index in [2.05, 4.69) is 10.6 Å². The third kappa shape index (κ3) is 2.75. The van der Waals surface area contributed by atoms with Gasteiger partial charge in [0.15, 0.2) is 0 Å². The van der Waals surface area contributed by atoms with E-state index >= 15 is 0 Å². The summed E-state index contributed by atoms with van der Waals surface area (Å²) < 4.78 is 0. The highest BCUT2D eigenvalue weighted by Gasteiger charge is 2.54. The van der Waals surface area contributed by atoms with Crippen molar-refractivity contribution in [3.05, 3.63) is 28.8 Å². The fourth-order valence-corrected chi connectivity index (χ4v) is 3.66. The first kappa shape index (κ1) is 16.8. The third-order valence-corrected chi connectivity index (χ3v) is 5.10. The van der Waals surface area contributed by atoms with E-state index < -0.39 is 23.5 Å². The second-order valence-corrected chi connectivity index (χ2v) is 6.96. The minimum absolute atomic E-state index is 0.291. The van der Waals surface area contributed by atoms with Crippen LogP contribution < -0.4 is 10.6 Å². The van der Waals surface area contributed by atoms with Crippen LogP contribution in [0.15, 0.2) is 18.2 Å². The molecule has 128 valence electrons. The van der Waals surface area contributed by atoms with Gasteiger partial charge < -0.3 is 10.6 Å². The van der Waals surface area contributed by atoms with E-state index in [1.54, 1.807) is 25.1 Å². The molecule has 6 nitrogen and oxygen atoms in total. The Morgan fingerprint density at radius 3 is 2.62 bits per heavy atom. The average molecular weight is 350 g/mol. The molecule has 1 atom stereocenters. The van der Waals surface area contributed by atoms with Crippen molar-refractivity contribution in [1.82, 2.24) is 10.2 Å². The summed E-state index contributed by atoms with van der Waals surface area (Å²) in [4.78, 5) is 38.5. The fraction of sp³-hybridized carbons (Fsp3) is 0.471. The number of carbonyl (C=O) groups excluding carboxylic acids is 3. The molecule has 1 heterocycles. The SMILES string of the molecule is Cc1cc(Cl)ccc1NC(=O)[C@@H](C)N1C(=O)NC2(CCCC2)C1=O. The standard InChI is InChI=1S/C17H20ClN3O3/c1-10-9-12(18)5-6-13(10)19-14(22)11(2)21-15(23)17(20-16(21)24)7-3-4-8-17/h5-6,9,11H,3-4,7-8H2,1-2H3,(H,19,22)(H,20,24)/t11-/m1/s1. The number of hydrogen-bond donors (Lipinski definition) is 2. The number of halogens is 1. The van der Waals surface area contributed by atoms with Gasteiger partial charge in [-0.3, -0.25) is 9.59 Å². The lowest BCUT2D eigenvalue weighted by Gasteiger charge is -2.23. The van der Waals surface area contributed by atoms with Crippen LogP contribution in [0.3, 0.4) is 0 Å². The second kappa shape index (κ2) is 6.09. The molecule has 1 saturated heterocycles. The lowest BCUT2D eigenvalue weighted by atomic mass is 9.97. The van der Waals surface area contributed by atoms with Crippen LogP contribution in [-0.4, -0.2) is 34.3 Å². The maximum atomic E-state index is 12.7. The number of carbonyl (C=O) groups is 3. The highest BCUT2D eigenvalue weighted by molar-refractivity contribution is 6.30. The van der Waals surface area contributed by atoms with Crippen molar-refractivity contribution in [2.45, 2.75) is 51.1 Å². The number of urea groups is 1. The molecule has 24 heavy (non-hydrogen) atoms. The molecule has 1 aromatic rings. The average Bonchev–Trinajstić information content (AvgIpc) is 3.08. The van der Waals surface area contributed by atoms with E-state index in [1.165, 1.54) is 0 Å². The van der Waals surface area contributed by atoms with Crippen molar-refractivity contribution in [2.75, 3.05) is 5.32 Å². The minimum atomic E-state index is -0.882. The Labute approximate surface area is 145 Å². The van der Waals surface area contributed by atoms with Crippen molar-refractivity contribution in [1.29, 1.82) is 0 Å². The summed E-state index contributed by atoms with van der Waals surface area (Å²) in [6.45, 7) is 3.39. The number of anilines is 1. The van der Waals surface area contributed by atoms with Crippen molar-refractivity contribution in [3.8, 4) is 0 Å². The van der Waals surface area contributed by atoms with Gasteiger partial charge in [0.2, 0.25) is 5.91 Å². The van der Waals surface area contributed by atoms with Crippen LogP contribution >= 0.6 is 11.6 Å². The Kier molecular flexibility index (Phi) is 4.25. The number of amides is 4. The largest absolute Gasteiger partial charge is 0.325 e. The lowest BCUT2D eigenvalue weighted by molar-refractivity contribution is -0.136. The highest BCUT2D eigenvalue weighted by Crippen LogP contribution is 2.35. The van der Waals surface area contributed by atoms with Gasteiger partial charge in [0.25, 0.3) is 5.91 Å². The molecule has 7 heteroatoms. The van der Waals surface area contributed by atoms with E-state index in [1.807, 2.05) is 6.92 Å². The van der Waals surface area contributed by atoms with Gasteiger partial charge in [-0.1, -0.05) is 24.4 Å². The number of nitrogens with one attached hydrogen (secondary N) is 2. The number of aryl methyl sites for hydroxylation is 1. The van der Waals surface area contributed by atoms with Crippen molar-refractivity contribution < 1.29 is 14.4 Å². The van der Waals surface area contributed by atoms with E-state index in [0.717, 1.165) is 23.3 Å². The number of nitrogens with zero attached hydrogens (tertiary/aromatic N) is 1. The molecule has 1 aliphatic heterocycles. The molecule has 1 saturated carbocycles. The fourth-order valence-electron chi connectivity index (χ4n) is 3.43. The van der Waals surface area contributed by atoms with Crippen molar-refractivity contribution in [2.24, 2.45) is 0 Å². The summed E-state index contributed by atoms with van der Waals surface area (Å²) in [6.07, 6.45) is 3.09. The molecule has 2 fully saturated rings. The van der Waals surface area contributed by atoms with Crippen LogP contribution in [0.5, 0.6) is 0 Å². The highest BCUT2D eigenvalue weighted by atomic mass is 35.5. The zero-order chi connectivity index (χ0) is 17.5. The summed E-state index contributed by atoms with van der Waals surface area (Å²) >= 11 is 5.91. The molecular formula is C17H20ClN3O3. The van der Waals surface area contributed by atoms with E-state index in [-0.39, 0.29) is 5.91 Å². The van der Waals surface area contributed by atoms with Gasteiger partial charge >= 0.3 is 6.03 Å². The summed E-state index contributed by atoms with van der Waals surface area (Å²) in [7, 11) is 0. The monoisotopic (exact) mass is 349 g/mol. The zero-order valence-corrected chi connectivity index (χ0v) is 14.4. The molecule has 3 rings (SSSR count). The van der Waals surface area contributed by atoms with E-state index in [0.29, 0.717) is 23.6 Å². The minimum Gasteiger partial charge on any atom is -0.324 e. The summed E-state index contributed by atoms with van der Waals surface area (Å²) in [6, 6.07) is 3.75. The smallest absolute Gasteiger partial charge is 0.324 e. The molecule has 2 N–H and O–H groups in total. The predicted octanol–water partition coefficient (Wildman–Crippen LogP) is 2.84. The van der Waals surface area contributed by atoms with Gasteiger partial charge in [-0.15, -0.1) is 0 Å². The zero-order valence-electron chi connectivity index (χ0n) is 13.7. The number of hydrogen-bond acceptors (Lipinski definition) is 3. The Bertz CT molecular complexity index is 713. The number of rotatable bonds is 3. The Hall–Kier alpha value is -2.08. The molecular weight excluding hydrogens is 330 g/mol. The molecule has 2 aliphatic rings. The van der Waals surface area contributed by atoms with Gasteiger partial charge in [0, 0.05) is 10.7 Å². The van der Waals surface area contributed by atoms with Crippen LogP contribution in [0.25, 0.3) is 0 Å². The van der Waals surface area contributed by atoms with Crippen LogP contribution in [-0.2, 0) is 9.59 Å². The Balaban J connectivity index is 1.76. The normalized spacial score (nSPS) is 20.4. The molecule has 1 aliphatic carbocycles. The summed E-state index contributed by atoms with van der Waals surface area (Å²) in [5.74, 6) is -0.695. The first-order valence-corrected chi connectivity index (χ1v) is 8.45.